The molecule has 0 saturated heterocycles. The Morgan fingerprint density at radius 3 is 2.58 bits per heavy atom. The number of amides is 2. The molecule has 1 aromatic carbocycles. The lowest BCUT2D eigenvalue weighted by Crippen LogP contribution is -2.41. The van der Waals surface area contributed by atoms with E-state index in [0.717, 1.165) is 25.7 Å². The molecule has 6 nitrogen and oxygen atoms in total. The van der Waals surface area contributed by atoms with Gasteiger partial charge in [0.1, 0.15) is 11.4 Å². The third-order valence-electron chi connectivity index (χ3n) is 4.33. The van der Waals surface area contributed by atoms with Gasteiger partial charge in [0, 0.05) is 6.54 Å². The molecule has 2 rings (SSSR count). The lowest BCUT2D eigenvalue weighted by Gasteiger charge is -2.18. The van der Waals surface area contributed by atoms with Crippen molar-refractivity contribution in [3.63, 3.8) is 0 Å². The first-order valence-electron chi connectivity index (χ1n) is 8.34. The van der Waals surface area contributed by atoms with Gasteiger partial charge in [0.25, 0.3) is 15.9 Å². The fraction of sp³-hybridized carbons (Fsp3) is 0.529. The van der Waals surface area contributed by atoms with Gasteiger partial charge < -0.3 is 5.32 Å². The maximum Gasteiger partial charge on any atom is 0.269 e. The average Bonchev–Trinajstić information content (AvgIpc) is 2.76. The van der Waals surface area contributed by atoms with Crippen LogP contribution in [0.3, 0.4) is 0 Å². The molecule has 1 aliphatic heterocycles. The van der Waals surface area contributed by atoms with E-state index in [9.17, 15) is 18.0 Å². The first-order chi connectivity index (χ1) is 11.4. The van der Waals surface area contributed by atoms with E-state index in [2.05, 4.69) is 19.2 Å². The minimum absolute atomic E-state index is 0.0304. The van der Waals surface area contributed by atoms with Crippen LogP contribution in [0, 0.1) is 5.92 Å². The summed E-state index contributed by atoms with van der Waals surface area (Å²) in [5.41, 5.74) is 0.125. The highest BCUT2D eigenvalue weighted by molar-refractivity contribution is 7.90. The first-order valence-corrected chi connectivity index (χ1v) is 9.78. The van der Waals surface area contributed by atoms with Gasteiger partial charge in [-0.25, -0.2) is 12.7 Å². The molecule has 0 aliphatic carbocycles. The van der Waals surface area contributed by atoms with E-state index >= 15 is 0 Å². The molecule has 2 amide bonds. The number of fused-ring (bicyclic) bond motifs is 1. The molecule has 0 aromatic heterocycles. The maximum atomic E-state index is 12.4. The van der Waals surface area contributed by atoms with Crippen LogP contribution in [-0.2, 0) is 14.8 Å². The molecule has 132 valence electrons. The number of carbonyl (C=O) groups is 2. The zero-order valence-electron chi connectivity index (χ0n) is 14.1. The van der Waals surface area contributed by atoms with Crippen molar-refractivity contribution in [3.8, 4) is 0 Å². The van der Waals surface area contributed by atoms with Gasteiger partial charge >= 0.3 is 0 Å². The molecule has 0 saturated carbocycles. The summed E-state index contributed by atoms with van der Waals surface area (Å²) in [4.78, 5) is 24.3. The van der Waals surface area contributed by atoms with E-state index in [4.69, 9.17) is 0 Å². The molecule has 0 radical (unpaired) electrons. The van der Waals surface area contributed by atoms with E-state index in [0.29, 0.717) is 16.8 Å². The molecule has 1 N–H and O–H groups in total. The molecule has 1 heterocycles. The maximum absolute atomic E-state index is 12.4. The van der Waals surface area contributed by atoms with Crippen molar-refractivity contribution in [3.05, 3.63) is 29.8 Å². The Kier molecular flexibility index (Phi) is 5.99. The molecule has 1 atom stereocenters. The van der Waals surface area contributed by atoms with Gasteiger partial charge in [0.05, 0.1) is 5.56 Å². The Morgan fingerprint density at radius 1 is 1.25 bits per heavy atom. The quantitative estimate of drug-likeness (QED) is 0.777. The Balaban J connectivity index is 1.99. The number of sulfonamides is 1. The summed E-state index contributed by atoms with van der Waals surface area (Å²) >= 11 is 0. The second kappa shape index (κ2) is 7.79. The van der Waals surface area contributed by atoms with Gasteiger partial charge in [-0.15, -0.1) is 0 Å². The van der Waals surface area contributed by atoms with Crippen LogP contribution in [0.4, 0.5) is 0 Å². The molecule has 7 heteroatoms. The lowest BCUT2D eigenvalue weighted by atomic mass is 9.99. The topological polar surface area (TPSA) is 83.6 Å². The van der Waals surface area contributed by atoms with E-state index in [1.54, 1.807) is 12.1 Å². The molecular formula is C17H24N2O4S. The van der Waals surface area contributed by atoms with Crippen molar-refractivity contribution >= 4 is 21.8 Å². The minimum Gasteiger partial charge on any atom is -0.354 e. The van der Waals surface area contributed by atoms with Crippen LogP contribution in [0.5, 0.6) is 0 Å². The number of benzene rings is 1. The normalized spacial score (nSPS) is 16.8. The fourth-order valence-electron chi connectivity index (χ4n) is 2.78. The summed E-state index contributed by atoms with van der Waals surface area (Å²) in [5, 5.41) is 2.76. The van der Waals surface area contributed by atoms with Crippen LogP contribution in [0.2, 0.25) is 0 Å². The van der Waals surface area contributed by atoms with E-state index in [1.807, 2.05) is 0 Å². The molecule has 1 aromatic rings. The summed E-state index contributed by atoms with van der Waals surface area (Å²) in [5.74, 6) is -0.717. The largest absolute Gasteiger partial charge is 0.354 e. The summed E-state index contributed by atoms with van der Waals surface area (Å²) in [7, 11) is -3.93. The Hall–Kier alpha value is -1.89. The molecule has 0 spiro atoms. The van der Waals surface area contributed by atoms with Gasteiger partial charge in [-0.1, -0.05) is 45.2 Å². The van der Waals surface area contributed by atoms with Gasteiger partial charge in [-0.3, -0.25) is 9.59 Å². The SMILES string of the molecule is CCCCC(CC)CNC(=O)CN1C(=O)c2ccccc2S1(=O)=O. The summed E-state index contributed by atoms with van der Waals surface area (Å²) in [6.07, 6.45) is 4.18. The zero-order valence-corrected chi connectivity index (χ0v) is 14.9. The molecule has 0 bridgehead atoms. The van der Waals surface area contributed by atoms with Gasteiger partial charge in [-0.05, 0) is 24.5 Å². The molecule has 24 heavy (non-hydrogen) atoms. The van der Waals surface area contributed by atoms with Crippen molar-refractivity contribution in [2.75, 3.05) is 13.1 Å². The Morgan fingerprint density at radius 2 is 1.96 bits per heavy atom. The lowest BCUT2D eigenvalue weighted by molar-refractivity contribution is -0.121. The number of carbonyl (C=O) groups excluding carboxylic acids is 2. The van der Waals surface area contributed by atoms with Crippen LogP contribution in [0.1, 0.15) is 49.9 Å². The number of nitrogens with zero attached hydrogens (tertiary/aromatic N) is 1. The highest BCUT2D eigenvalue weighted by atomic mass is 32.2. The molecule has 0 fully saturated rings. The van der Waals surface area contributed by atoms with E-state index in [1.165, 1.54) is 12.1 Å². The summed E-state index contributed by atoms with van der Waals surface area (Å²) in [6, 6.07) is 6.02. The minimum atomic E-state index is -3.93. The van der Waals surface area contributed by atoms with E-state index < -0.39 is 28.4 Å². The highest BCUT2D eigenvalue weighted by Crippen LogP contribution is 2.29. The smallest absolute Gasteiger partial charge is 0.269 e. The third kappa shape index (κ3) is 3.77. The Bertz CT molecular complexity index is 715. The van der Waals surface area contributed by atoms with Crippen molar-refractivity contribution in [2.45, 2.75) is 44.4 Å². The van der Waals surface area contributed by atoms with E-state index in [-0.39, 0.29) is 10.5 Å². The average molecular weight is 352 g/mol. The third-order valence-corrected chi connectivity index (χ3v) is 6.12. The molecule has 1 aliphatic rings. The fourth-order valence-corrected chi connectivity index (χ4v) is 4.30. The zero-order chi connectivity index (χ0) is 17.7. The summed E-state index contributed by atoms with van der Waals surface area (Å²) < 4.78 is 25.4. The van der Waals surface area contributed by atoms with Crippen molar-refractivity contribution in [1.82, 2.24) is 9.62 Å². The van der Waals surface area contributed by atoms with Gasteiger partial charge in [0.2, 0.25) is 5.91 Å². The molecular weight excluding hydrogens is 328 g/mol. The van der Waals surface area contributed by atoms with Crippen molar-refractivity contribution in [1.29, 1.82) is 0 Å². The second-order valence-corrected chi connectivity index (χ2v) is 7.86. The Labute approximate surface area is 143 Å². The van der Waals surface area contributed by atoms with Gasteiger partial charge in [0.15, 0.2) is 0 Å². The standard InChI is InChI=1S/C17H24N2O4S/c1-3-5-8-13(4-2)11-18-16(20)12-19-17(21)14-9-6-7-10-15(14)24(19,22)23/h6-7,9-10,13H,3-5,8,11-12H2,1-2H3,(H,18,20). The van der Waals surface area contributed by atoms with Crippen LogP contribution in [0.25, 0.3) is 0 Å². The predicted octanol–water partition coefficient (Wildman–Crippen LogP) is 2.16. The van der Waals surface area contributed by atoms with Crippen LogP contribution in [-0.4, -0.2) is 37.6 Å². The number of unbranched alkanes of at least 4 members (excludes halogenated alkanes) is 1. The van der Waals surface area contributed by atoms with Crippen LogP contribution < -0.4 is 5.32 Å². The number of nitrogens with one attached hydrogen (secondary N) is 1. The predicted molar refractivity (Wildman–Crippen MR) is 91.0 cm³/mol. The monoisotopic (exact) mass is 352 g/mol. The molecule has 1 unspecified atom stereocenters. The summed E-state index contributed by atoms with van der Waals surface area (Å²) in [6.45, 7) is 4.22. The first kappa shape index (κ1) is 18.4. The van der Waals surface area contributed by atoms with Crippen LogP contribution >= 0.6 is 0 Å². The van der Waals surface area contributed by atoms with Crippen molar-refractivity contribution in [2.24, 2.45) is 5.92 Å². The number of rotatable bonds is 8. The van der Waals surface area contributed by atoms with Gasteiger partial charge in [-0.2, -0.15) is 0 Å². The highest BCUT2D eigenvalue weighted by Gasteiger charge is 2.41. The van der Waals surface area contributed by atoms with Crippen molar-refractivity contribution < 1.29 is 18.0 Å². The number of hydrogen-bond acceptors (Lipinski definition) is 4. The van der Waals surface area contributed by atoms with Crippen LogP contribution in [0.15, 0.2) is 29.2 Å². The second-order valence-electron chi connectivity index (χ2n) is 6.03. The number of hydrogen-bond donors (Lipinski definition) is 1.